The van der Waals surface area contributed by atoms with Crippen molar-refractivity contribution in [2.45, 2.75) is 0 Å². The van der Waals surface area contributed by atoms with E-state index >= 15 is 0 Å². The lowest BCUT2D eigenvalue weighted by Gasteiger charge is -1.98. The van der Waals surface area contributed by atoms with E-state index in [9.17, 15) is 0 Å². The second-order valence-electron chi connectivity index (χ2n) is 5.56. The van der Waals surface area contributed by atoms with E-state index < -0.39 is 0 Å². The van der Waals surface area contributed by atoms with Crippen LogP contribution in [0.2, 0.25) is 0 Å². The van der Waals surface area contributed by atoms with Gasteiger partial charge in [-0.3, -0.25) is 0 Å². The number of rotatable bonds is 0. The molecule has 2 heterocycles. The molecular weight excluding hydrogens is 268 g/mol. The lowest BCUT2D eigenvalue weighted by atomic mass is 10.1. The molecule has 1 aliphatic carbocycles. The minimum Gasteiger partial charge on any atom is -0.248 e. The quantitative estimate of drug-likeness (QED) is 0.397. The Kier molecular flexibility index (Phi) is 2.25. The summed E-state index contributed by atoms with van der Waals surface area (Å²) < 4.78 is 0. The summed E-state index contributed by atoms with van der Waals surface area (Å²) in [5, 5.41) is 3.48. The van der Waals surface area contributed by atoms with E-state index in [-0.39, 0.29) is 0 Å². The summed E-state index contributed by atoms with van der Waals surface area (Å²) in [6.45, 7) is 0. The Morgan fingerprint density at radius 1 is 0.545 bits per heavy atom. The van der Waals surface area contributed by atoms with Gasteiger partial charge in [-0.2, -0.15) is 0 Å². The van der Waals surface area contributed by atoms with Gasteiger partial charge in [-0.15, -0.1) is 0 Å². The van der Waals surface area contributed by atoms with Gasteiger partial charge < -0.3 is 0 Å². The molecule has 2 aromatic carbocycles. The van der Waals surface area contributed by atoms with E-state index in [0.29, 0.717) is 0 Å². The van der Waals surface area contributed by atoms with Crippen molar-refractivity contribution >= 4 is 32.7 Å². The van der Waals surface area contributed by atoms with E-state index in [0.717, 1.165) is 33.0 Å². The molecule has 0 fully saturated rings. The van der Waals surface area contributed by atoms with Crippen molar-refractivity contribution in [3.05, 3.63) is 72.8 Å². The maximum atomic E-state index is 4.77. The van der Waals surface area contributed by atoms with Crippen molar-refractivity contribution in [1.82, 2.24) is 9.97 Å². The summed E-state index contributed by atoms with van der Waals surface area (Å²) in [7, 11) is 0. The van der Waals surface area contributed by atoms with Crippen LogP contribution in [0.15, 0.2) is 72.8 Å². The van der Waals surface area contributed by atoms with Crippen LogP contribution in [-0.4, -0.2) is 9.97 Å². The van der Waals surface area contributed by atoms with Crippen molar-refractivity contribution in [2.75, 3.05) is 0 Å². The standard InChI is InChI=1S/C20H12N2/c1-3-7-17-13(5-1)11-14-12-20-16(9-10-18(14)21-17)15-6-2-4-8-19(15)22-20/h1-12H. The SMILES string of the molecule is c1ccc2nc3ccc4c5ccccc5nc-4cc3cc2c1. The largest absolute Gasteiger partial charge is 0.248 e. The van der Waals surface area contributed by atoms with E-state index in [1.807, 2.05) is 18.2 Å². The van der Waals surface area contributed by atoms with Crippen molar-refractivity contribution in [2.24, 2.45) is 0 Å². The number of fused-ring (bicyclic) bond motifs is 5. The molecule has 2 aliphatic rings. The lowest BCUT2D eigenvalue weighted by Crippen LogP contribution is -1.79. The van der Waals surface area contributed by atoms with Crippen LogP contribution in [0.3, 0.4) is 0 Å². The third kappa shape index (κ3) is 1.61. The van der Waals surface area contributed by atoms with Crippen LogP contribution in [0.1, 0.15) is 0 Å². The molecule has 0 N–H and O–H groups in total. The number of hydrogen-bond donors (Lipinski definition) is 0. The zero-order valence-corrected chi connectivity index (χ0v) is 11.8. The number of pyridine rings is 1. The monoisotopic (exact) mass is 280 g/mol. The van der Waals surface area contributed by atoms with Gasteiger partial charge in [0.15, 0.2) is 0 Å². The highest BCUT2D eigenvalue weighted by Crippen LogP contribution is 2.32. The Bertz CT molecular complexity index is 1120. The second kappa shape index (κ2) is 4.25. The van der Waals surface area contributed by atoms with Gasteiger partial charge in [-0.05, 0) is 36.4 Å². The van der Waals surface area contributed by atoms with Gasteiger partial charge in [0, 0.05) is 21.7 Å². The molecule has 0 bridgehead atoms. The predicted octanol–water partition coefficient (Wildman–Crippen LogP) is 5.04. The number of para-hydroxylation sites is 2. The maximum Gasteiger partial charge on any atom is 0.0723 e. The number of hydrogen-bond acceptors (Lipinski definition) is 2. The van der Waals surface area contributed by atoms with Crippen LogP contribution in [0, 0.1) is 0 Å². The fraction of sp³-hybridized carbons (Fsp3) is 0. The van der Waals surface area contributed by atoms with E-state index in [1.165, 1.54) is 10.9 Å². The summed E-state index contributed by atoms with van der Waals surface area (Å²) in [5.41, 5.74) is 5.27. The molecule has 102 valence electrons. The lowest BCUT2D eigenvalue weighted by molar-refractivity contribution is 1.48. The third-order valence-electron chi connectivity index (χ3n) is 4.20. The molecule has 1 aromatic heterocycles. The van der Waals surface area contributed by atoms with Gasteiger partial charge in [0.1, 0.15) is 0 Å². The van der Waals surface area contributed by atoms with Crippen LogP contribution in [0.4, 0.5) is 0 Å². The molecule has 0 amide bonds. The summed E-state index contributed by atoms with van der Waals surface area (Å²) >= 11 is 0. The molecular formula is C20H12N2. The molecule has 0 radical (unpaired) electrons. The maximum absolute atomic E-state index is 4.77. The first-order valence-electron chi connectivity index (χ1n) is 7.36. The molecule has 2 nitrogen and oxygen atoms in total. The van der Waals surface area contributed by atoms with Crippen LogP contribution < -0.4 is 0 Å². The van der Waals surface area contributed by atoms with Crippen molar-refractivity contribution in [1.29, 1.82) is 0 Å². The molecule has 3 aromatic rings. The number of aromatic nitrogens is 2. The normalized spacial score (nSPS) is 11.6. The zero-order valence-electron chi connectivity index (χ0n) is 11.8. The minimum atomic E-state index is 1.00. The Hall–Kier alpha value is -3.00. The zero-order chi connectivity index (χ0) is 14.5. The highest BCUT2D eigenvalue weighted by Gasteiger charge is 2.11. The summed E-state index contributed by atoms with van der Waals surface area (Å²) in [6.07, 6.45) is 0. The smallest absolute Gasteiger partial charge is 0.0723 e. The van der Waals surface area contributed by atoms with Crippen molar-refractivity contribution in [3.63, 3.8) is 0 Å². The fourth-order valence-corrected chi connectivity index (χ4v) is 3.12. The Morgan fingerprint density at radius 3 is 2.27 bits per heavy atom. The van der Waals surface area contributed by atoms with E-state index in [1.54, 1.807) is 0 Å². The molecule has 0 saturated heterocycles. The van der Waals surface area contributed by atoms with E-state index in [4.69, 9.17) is 9.97 Å². The number of benzene rings is 2. The summed E-state index contributed by atoms with van der Waals surface area (Å²) in [6, 6.07) is 25.1. The Morgan fingerprint density at radius 2 is 1.32 bits per heavy atom. The van der Waals surface area contributed by atoms with Gasteiger partial charge in [-0.1, -0.05) is 36.4 Å². The van der Waals surface area contributed by atoms with Crippen LogP contribution >= 0.6 is 0 Å². The van der Waals surface area contributed by atoms with Gasteiger partial charge in [0.2, 0.25) is 0 Å². The first kappa shape index (κ1) is 11.6. The van der Waals surface area contributed by atoms with Gasteiger partial charge >= 0.3 is 0 Å². The number of nitrogens with zero attached hydrogens (tertiary/aromatic N) is 2. The van der Waals surface area contributed by atoms with E-state index in [2.05, 4.69) is 54.6 Å². The minimum absolute atomic E-state index is 1.00. The summed E-state index contributed by atoms with van der Waals surface area (Å²) in [5.74, 6) is 0. The molecule has 0 saturated carbocycles. The third-order valence-corrected chi connectivity index (χ3v) is 4.20. The fourth-order valence-electron chi connectivity index (χ4n) is 3.12. The van der Waals surface area contributed by atoms with Crippen LogP contribution in [-0.2, 0) is 0 Å². The van der Waals surface area contributed by atoms with Gasteiger partial charge in [0.05, 0.1) is 22.2 Å². The average Bonchev–Trinajstić information content (AvgIpc) is 2.80. The van der Waals surface area contributed by atoms with Gasteiger partial charge in [0.25, 0.3) is 0 Å². The van der Waals surface area contributed by atoms with Crippen LogP contribution in [0.25, 0.3) is 44.0 Å². The Labute approximate surface area is 127 Å². The Balaban J connectivity index is 1.94. The van der Waals surface area contributed by atoms with Crippen molar-refractivity contribution in [3.8, 4) is 11.3 Å². The molecule has 0 atom stereocenters. The average molecular weight is 280 g/mol. The van der Waals surface area contributed by atoms with Gasteiger partial charge in [-0.25, -0.2) is 9.97 Å². The highest BCUT2D eigenvalue weighted by molar-refractivity contribution is 6.01. The molecule has 1 aliphatic heterocycles. The predicted molar refractivity (Wildman–Crippen MR) is 91.2 cm³/mol. The first-order chi connectivity index (χ1) is 10.9. The molecule has 22 heavy (non-hydrogen) atoms. The molecule has 2 heteroatoms. The summed E-state index contributed by atoms with van der Waals surface area (Å²) in [4.78, 5) is 9.53. The molecule has 0 spiro atoms. The second-order valence-corrected chi connectivity index (χ2v) is 5.56. The first-order valence-corrected chi connectivity index (χ1v) is 7.36. The molecule has 0 unspecified atom stereocenters. The molecule has 5 rings (SSSR count). The van der Waals surface area contributed by atoms with Crippen molar-refractivity contribution < 1.29 is 0 Å². The van der Waals surface area contributed by atoms with Crippen LogP contribution in [0.5, 0.6) is 0 Å². The highest BCUT2D eigenvalue weighted by atomic mass is 14.7. The topological polar surface area (TPSA) is 25.8 Å².